The molecule has 1 saturated heterocycles. The minimum atomic E-state index is -3.96. The van der Waals surface area contributed by atoms with Crippen LogP contribution in [0.4, 0.5) is 4.79 Å². The summed E-state index contributed by atoms with van der Waals surface area (Å²) in [6, 6.07) is 1.52. The minimum Gasteiger partial charge on any atom is -0.444 e. The van der Waals surface area contributed by atoms with Crippen LogP contribution >= 0.6 is 0 Å². The number of amides is 5. The van der Waals surface area contributed by atoms with E-state index in [1.165, 1.54) is 15.9 Å². The Morgan fingerprint density at radius 1 is 1.09 bits per heavy atom. The second-order valence-corrected chi connectivity index (χ2v) is 19.7. The van der Waals surface area contributed by atoms with Crippen LogP contribution in [0.5, 0.6) is 0 Å². The summed E-state index contributed by atoms with van der Waals surface area (Å²) in [5.74, 6) is -3.91. The lowest BCUT2D eigenvalue weighted by Gasteiger charge is -2.36. The Bertz CT molecular complexity index is 2030. The Labute approximate surface area is 320 Å². The van der Waals surface area contributed by atoms with Crippen molar-refractivity contribution in [3.63, 3.8) is 0 Å². The zero-order valence-corrected chi connectivity index (χ0v) is 32.8. The number of carbonyl (C=O) groups is 5. The van der Waals surface area contributed by atoms with E-state index in [9.17, 15) is 40.8 Å². The maximum Gasteiger partial charge on any atom is 0.410 e. The van der Waals surface area contributed by atoms with E-state index in [1.54, 1.807) is 32.9 Å². The fourth-order valence-electron chi connectivity index (χ4n) is 7.25. The van der Waals surface area contributed by atoms with E-state index in [1.807, 2.05) is 18.2 Å². The van der Waals surface area contributed by atoms with E-state index in [-0.39, 0.29) is 45.7 Å². The first-order valence-corrected chi connectivity index (χ1v) is 21.6. The molecule has 6 atom stereocenters. The number of sulfonamides is 2. The predicted molar refractivity (Wildman–Crippen MR) is 198 cm³/mol. The molecule has 55 heavy (non-hydrogen) atoms. The smallest absolute Gasteiger partial charge is 0.410 e. The number of hydrogen-bond acceptors (Lipinski definition) is 11. The van der Waals surface area contributed by atoms with Crippen molar-refractivity contribution >= 4 is 55.8 Å². The number of nitrogens with one attached hydrogen (secondary N) is 4. The molecule has 2 aliphatic carbocycles. The molecule has 0 aromatic heterocycles. The number of hydrogen-bond donors (Lipinski definition) is 4. The number of nitrogens with zero attached hydrogens (tertiary/aromatic N) is 2. The van der Waals surface area contributed by atoms with Gasteiger partial charge in [-0.1, -0.05) is 57.2 Å². The maximum atomic E-state index is 14.6. The Balaban J connectivity index is 1.32. The number of benzene rings is 1. The summed E-state index contributed by atoms with van der Waals surface area (Å²) in [6.07, 6.45) is 4.90. The topological polar surface area (TPSA) is 227 Å². The highest BCUT2D eigenvalue weighted by Crippen LogP contribution is 2.45. The molecule has 1 aromatic rings. The SMILES string of the molecule is C=C[C@@H]1C[C@]1(NC(=O)[C@@H]1C[C@@H]2CN1C(=O)[C@H](C(C)(C)C)NC(=O)[C@@H](NS(C)(=O)=O)COC/C=C\c1cccc3c1CN(C3)C(=O)O2)C(=O)NS(=O)(=O)C1CC1. The van der Waals surface area contributed by atoms with Crippen LogP contribution in [0.25, 0.3) is 6.08 Å². The van der Waals surface area contributed by atoms with Gasteiger partial charge in [-0.3, -0.25) is 28.8 Å². The van der Waals surface area contributed by atoms with E-state index in [4.69, 9.17) is 9.47 Å². The van der Waals surface area contributed by atoms with Crippen molar-refractivity contribution in [2.45, 2.75) is 94.6 Å². The van der Waals surface area contributed by atoms with Crippen molar-refractivity contribution in [2.24, 2.45) is 11.3 Å². The molecule has 2 saturated carbocycles. The number of ether oxygens (including phenoxy) is 2. The molecular formula is C36H48N6O11S2. The van der Waals surface area contributed by atoms with Crippen molar-refractivity contribution < 1.29 is 50.3 Å². The van der Waals surface area contributed by atoms with Gasteiger partial charge in [0.25, 0.3) is 5.91 Å². The highest BCUT2D eigenvalue weighted by Gasteiger charge is 2.62. The molecule has 3 heterocycles. The summed E-state index contributed by atoms with van der Waals surface area (Å²) in [5.41, 5.74) is -0.0511. The lowest BCUT2D eigenvalue weighted by Crippen LogP contribution is -2.62. The largest absolute Gasteiger partial charge is 0.444 e. The van der Waals surface area contributed by atoms with Gasteiger partial charge in [0.2, 0.25) is 37.8 Å². The highest BCUT2D eigenvalue weighted by atomic mass is 32.2. The molecule has 4 N–H and O–H groups in total. The fraction of sp³-hybridized carbons (Fsp3) is 0.583. The van der Waals surface area contributed by atoms with Crippen molar-refractivity contribution in [3.05, 3.63) is 53.6 Å². The molecule has 0 unspecified atom stereocenters. The molecule has 19 heteroatoms. The van der Waals surface area contributed by atoms with Crippen molar-refractivity contribution in [2.75, 3.05) is 26.0 Å². The normalized spacial score (nSPS) is 29.6. The molecule has 5 amide bonds. The zero-order valence-electron chi connectivity index (χ0n) is 31.2. The summed E-state index contributed by atoms with van der Waals surface area (Å²) in [7, 11) is -7.89. The Kier molecular flexibility index (Phi) is 11.0. The van der Waals surface area contributed by atoms with E-state index in [0.29, 0.717) is 12.8 Å². The average molecular weight is 805 g/mol. The third-order valence-corrected chi connectivity index (χ3v) is 13.0. The average Bonchev–Trinajstić information content (AvgIpc) is 3.98. The second kappa shape index (κ2) is 15.0. The first-order valence-electron chi connectivity index (χ1n) is 18.1. The summed E-state index contributed by atoms with van der Waals surface area (Å²) in [6.45, 7) is 8.61. The van der Waals surface area contributed by atoms with Crippen LogP contribution in [0.2, 0.25) is 0 Å². The van der Waals surface area contributed by atoms with E-state index < -0.39 is 96.1 Å². The minimum absolute atomic E-state index is 0.0112. The maximum absolute atomic E-state index is 14.6. The monoisotopic (exact) mass is 804 g/mol. The van der Waals surface area contributed by atoms with E-state index in [0.717, 1.165) is 22.9 Å². The quantitative estimate of drug-likeness (QED) is 0.261. The lowest BCUT2D eigenvalue weighted by atomic mass is 9.85. The third-order valence-electron chi connectivity index (χ3n) is 10.5. The Morgan fingerprint density at radius 3 is 2.45 bits per heavy atom. The van der Waals surface area contributed by atoms with Crippen LogP contribution in [-0.4, -0.2) is 117 Å². The summed E-state index contributed by atoms with van der Waals surface area (Å²) < 4.78 is 66.0. The van der Waals surface area contributed by atoms with Crippen LogP contribution in [0, 0.1) is 11.3 Å². The fourth-order valence-corrected chi connectivity index (χ4v) is 9.31. The van der Waals surface area contributed by atoms with Crippen molar-refractivity contribution in [1.29, 1.82) is 0 Å². The van der Waals surface area contributed by atoms with Gasteiger partial charge in [-0.05, 0) is 41.4 Å². The molecule has 0 radical (unpaired) electrons. The molecule has 0 spiro atoms. The van der Waals surface area contributed by atoms with Crippen LogP contribution in [0.15, 0.2) is 36.9 Å². The van der Waals surface area contributed by atoms with Gasteiger partial charge in [0.05, 0.1) is 37.8 Å². The van der Waals surface area contributed by atoms with E-state index >= 15 is 0 Å². The van der Waals surface area contributed by atoms with Gasteiger partial charge in [-0.25, -0.2) is 26.4 Å². The predicted octanol–water partition coefficient (Wildman–Crippen LogP) is 0.270. The molecule has 1 aromatic carbocycles. The van der Waals surface area contributed by atoms with Crippen LogP contribution in [0.3, 0.4) is 0 Å². The summed E-state index contributed by atoms with van der Waals surface area (Å²) >= 11 is 0. The first kappa shape index (κ1) is 40.3. The highest BCUT2D eigenvalue weighted by molar-refractivity contribution is 7.91. The van der Waals surface area contributed by atoms with Crippen LogP contribution in [0.1, 0.15) is 63.1 Å². The van der Waals surface area contributed by atoms with Gasteiger partial charge in [0.1, 0.15) is 29.8 Å². The van der Waals surface area contributed by atoms with Crippen LogP contribution < -0.4 is 20.1 Å². The molecule has 5 aliphatic rings. The molecule has 300 valence electrons. The Hall–Kier alpha value is -4.33. The van der Waals surface area contributed by atoms with Gasteiger partial charge >= 0.3 is 6.09 Å². The first-order chi connectivity index (χ1) is 25.7. The van der Waals surface area contributed by atoms with Crippen molar-refractivity contribution in [1.82, 2.24) is 29.9 Å². The lowest BCUT2D eigenvalue weighted by molar-refractivity contribution is -0.145. The van der Waals surface area contributed by atoms with E-state index in [2.05, 4.69) is 26.7 Å². The third kappa shape index (κ3) is 8.89. The summed E-state index contributed by atoms with van der Waals surface area (Å²) in [4.78, 5) is 72.3. The van der Waals surface area contributed by atoms with Crippen LogP contribution in [-0.2, 0) is 61.8 Å². The number of carbonyl (C=O) groups excluding carboxylic acids is 5. The summed E-state index contributed by atoms with van der Waals surface area (Å²) in [5, 5.41) is 4.67. The van der Waals surface area contributed by atoms with Gasteiger partial charge in [0, 0.05) is 18.9 Å². The molecule has 3 fully saturated rings. The molecule has 6 rings (SSSR count). The van der Waals surface area contributed by atoms with Crippen molar-refractivity contribution in [3.8, 4) is 0 Å². The van der Waals surface area contributed by atoms with Gasteiger partial charge in [0.15, 0.2) is 0 Å². The standard InChI is InChI=1S/C36H48N6O11S2/c1-6-23-16-36(23,33(46)40-55(50,51)25-12-13-25)38-31(44)28-15-24-18-42(28)32(45)29(35(2,3)4)37-30(43)27(39-54(5,48)49)20-52-14-8-11-21-9-7-10-22-17-41(19-26(21)22)34(47)53-24/h6-11,23-25,27-29,39H,1,12-20H2,2-5H3,(H,37,43)(H,38,44)(H,40,46)/b11-8-/t23-,24-,27+,28+,29-,36-/m1/s1. The molecule has 4 bridgehead atoms. The van der Waals surface area contributed by atoms with Gasteiger partial charge < -0.3 is 25.0 Å². The zero-order chi connectivity index (χ0) is 40.1. The number of fused-ring (bicyclic) bond motifs is 3. The van der Waals surface area contributed by atoms with Gasteiger partial charge in [-0.2, -0.15) is 0 Å². The Morgan fingerprint density at radius 2 is 1.82 bits per heavy atom. The molecule has 17 nitrogen and oxygen atoms in total. The number of rotatable bonds is 8. The molecule has 3 aliphatic heterocycles. The second-order valence-electron chi connectivity index (χ2n) is 16.0. The van der Waals surface area contributed by atoms with Gasteiger partial charge in [-0.15, -0.1) is 6.58 Å². The molecular weight excluding hydrogens is 757 g/mol.